The van der Waals surface area contributed by atoms with E-state index in [9.17, 15) is 14.4 Å². The number of hydrogen-bond donors (Lipinski definition) is 1. The Morgan fingerprint density at radius 2 is 1.73 bits per heavy atom. The number of likely N-dealkylation sites (tertiary alicyclic amines) is 1. The van der Waals surface area contributed by atoms with Crippen molar-refractivity contribution in [3.05, 3.63) is 28.7 Å². The molecule has 26 heavy (non-hydrogen) atoms. The van der Waals surface area contributed by atoms with Gasteiger partial charge in [0, 0.05) is 17.6 Å². The third kappa shape index (κ3) is 3.56. The molecule has 0 aromatic heterocycles. The monoisotopic (exact) mass is 423 g/mol. The number of urea groups is 1. The highest BCUT2D eigenvalue weighted by Crippen LogP contribution is 2.33. The third-order valence-corrected chi connectivity index (χ3v) is 5.04. The van der Waals surface area contributed by atoms with Gasteiger partial charge in [0.15, 0.2) is 0 Å². The van der Waals surface area contributed by atoms with Crippen LogP contribution in [0, 0.1) is 0 Å². The number of halogens is 1. The van der Waals surface area contributed by atoms with Gasteiger partial charge in [-0.25, -0.2) is 14.5 Å². The van der Waals surface area contributed by atoms with Crippen LogP contribution in [0.3, 0.4) is 0 Å². The normalized spacial score (nSPS) is 19.7. The Kier molecular flexibility index (Phi) is 4.72. The number of ether oxygens (including phenoxy) is 1. The van der Waals surface area contributed by atoms with Crippen LogP contribution in [0.25, 0.3) is 0 Å². The van der Waals surface area contributed by atoms with Crippen LogP contribution in [0.2, 0.25) is 0 Å². The average molecular weight is 424 g/mol. The van der Waals surface area contributed by atoms with Crippen molar-refractivity contribution in [2.24, 2.45) is 0 Å². The van der Waals surface area contributed by atoms with Crippen molar-refractivity contribution in [2.75, 3.05) is 18.0 Å². The largest absolute Gasteiger partial charge is 0.444 e. The summed E-state index contributed by atoms with van der Waals surface area (Å²) in [6, 6.07) is 6.58. The van der Waals surface area contributed by atoms with Gasteiger partial charge < -0.3 is 15.0 Å². The van der Waals surface area contributed by atoms with Gasteiger partial charge in [0.25, 0.3) is 5.91 Å². The molecule has 0 atom stereocenters. The highest BCUT2D eigenvalue weighted by molar-refractivity contribution is 9.10. The van der Waals surface area contributed by atoms with Crippen LogP contribution >= 0.6 is 15.9 Å². The highest BCUT2D eigenvalue weighted by Gasteiger charge is 2.53. The zero-order chi connectivity index (χ0) is 19.1. The van der Waals surface area contributed by atoms with E-state index in [2.05, 4.69) is 21.2 Å². The summed E-state index contributed by atoms with van der Waals surface area (Å²) < 4.78 is 6.25. The van der Waals surface area contributed by atoms with Gasteiger partial charge in [-0.05, 0) is 57.9 Å². The predicted molar refractivity (Wildman–Crippen MR) is 99.9 cm³/mol. The van der Waals surface area contributed by atoms with Crippen LogP contribution in [0.15, 0.2) is 28.7 Å². The Labute approximate surface area is 160 Å². The topological polar surface area (TPSA) is 79.0 Å². The summed E-state index contributed by atoms with van der Waals surface area (Å²) in [6.07, 6.45) is 0.335. The molecule has 1 aromatic carbocycles. The quantitative estimate of drug-likeness (QED) is 0.702. The van der Waals surface area contributed by atoms with Crippen LogP contribution in [-0.2, 0) is 9.53 Å². The summed E-state index contributed by atoms with van der Waals surface area (Å²) in [7, 11) is 0. The molecule has 2 aliphatic heterocycles. The van der Waals surface area contributed by atoms with Gasteiger partial charge >= 0.3 is 12.1 Å². The molecular formula is C18H22BrN3O4. The van der Waals surface area contributed by atoms with E-state index in [1.165, 1.54) is 4.90 Å². The van der Waals surface area contributed by atoms with Gasteiger partial charge in [-0.3, -0.25) is 4.79 Å². The molecule has 8 heteroatoms. The molecule has 0 saturated carbocycles. The summed E-state index contributed by atoms with van der Waals surface area (Å²) in [6.45, 7) is 6.15. The van der Waals surface area contributed by atoms with Gasteiger partial charge in [0.05, 0.1) is 5.69 Å². The molecule has 3 rings (SSSR count). The lowest BCUT2D eigenvalue weighted by Gasteiger charge is -2.37. The third-order valence-electron chi connectivity index (χ3n) is 4.52. The molecule has 7 nitrogen and oxygen atoms in total. The Morgan fingerprint density at radius 1 is 1.15 bits per heavy atom. The van der Waals surface area contributed by atoms with E-state index in [-0.39, 0.29) is 5.91 Å². The molecule has 2 heterocycles. The molecule has 1 aromatic rings. The zero-order valence-electron chi connectivity index (χ0n) is 15.0. The lowest BCUT2D eigenvalue weighted by atomic mass is 9.87. The number of amides is 4. The van der Waals surface area contributed by atoms with E-state index in [0.29, 0.717) is 31.6 Å². The van der Waals surface area contributed by atoms with Crippen LogP contribution < -0.4 is 10.2 Å². The predicted octanol–water partition coefficient (Wildman–Crippen LogP) is 3.28. The van der Waals surface area contributed by atoms with E-state index in [1.807, 2.05) is 20.8 Å². The molecule has 0 radical (unpaired) electrons. The molecule has 0 bridgehead atoms. The molecule has 1 spiro atoms. The van der Waals surface area contributed by atoms with Crippen LogP contribution in [-0.4, -0.2) is 47.2 Å². The second kappa shape index (κ2) is 6.57. The smallest absolute Gasteiger partial charge is 0.410 e. The number of carbonyl (C=O) groups is 3. The first-order valence-electron chi connectivity index (χ1n) is 8.51. The zero-order valence-corrected chi connectivity index (χ0v) is 16.6. The summed E-state index contributed by atoms with van der Waals surface area (Å²) in [5.74, 6) is -0.270. The standard InChI is InChI=1S/C18H22BrN3O4/c1-17(2,3)26-16(25)21-10-8-18(9-11-21)14(23)22(15(24)20-18)13-6-4-12(19)5-7-13/h4-7H,8-11H2,1-3H3,(H,20,24). The molecule has 1 N–H and O–H groups in total. The SMILES string of the molecule is CC(C)(C)OC(=O)N1CCC2(CC1)NC(=O)N(c1ccc(Br)cc1)C2=O. The number of rotatable bonds is 1. The van der Waals surface area contributed by atoms with Gasteiger partial charge in [0.2, 0.25) is 0 Å². The Hall–Kier alpha value is -2.09. The number of piperidine rings is 1. The number of benzene rings is 1. The number of nitrogens with zero attached hydrogens (tertiary/aromatic N) is 2. The number of imide groups is 1. The molecule has 0 aliphatic carbocycles. The molecule has 0 unspecified atom stereocenters. The fourth-order valence-corrected chi connectivity index (χ4v) is 3.45. The minimum absolute atomic E-state index is 0.270. The fourth-order valence-electron chi connectivity index (χ4n) is 3.18. The second-order valence-corrected chi connectivity index (χ2v) is 8.51. The van der Waals surface area contributed by atoms with Crippen LogP contribution in [0.4, 0.5) is 15.3 Å². The Morgan fingerprint density at radius 3 is 2.27 bits per heavy atom. The molecule has 2 aliphatic rings. The number of hydrogen-bond acceptors (Lipinski definition) is 4. The summed E-state index contributed by atoms with van der Waals surface area (Å²) in [5, 5.41) is 2.84. The fraction of sp³-hybridized carbons (Fsp3) is 0.500. The van der Waals surface area contributed by atoms with Crippen molar-refractivity contribution in [1.29, 1.82) is 0 Å². The molecular weight excluding hydrogens is 402 g/mol. The van der Waals surface area contributed by atoms with Crippen molar-refractivity contribution in [2.45, 2.75) is 44.8 Å². The first-order valence-corrected chi connectivity index (χ1v) is 9.31. The maximum absolute atomic E-state index is 13.0. The Balaban J connectivity index is 1.71. The molecule has 140 valence electrons. The van der Waals surface area contributed by atoms with E-state index in [4.69, 9.17) is 4.74 Å². The van der Waals surface area contributed by atoms with E-state index >= 15 is 0 Å². The highest BCUT2D eigenvalue weighted by atomic mass is 79.9. The van der Waals surface area contributed by atoms with Gasteiger partial charge in [-0.2, -0.15) is 0 Å². The van der Waals surface area contributed by atoms with Gasteiger partial charge in [-0.15, -0.1) is 0 Å². The van der Waals surface area contributed by atoms with Crippen molar-refractivity contribution in [1.82, 2.24) is 10.2 Å². The minimum Gasteiger partial charge on any atom is -0.444 e. The van der Waals surface area contributed by atoms with Crippen molar-refractivity contribution < 1.29 is 19.1 Å². The number of carbonyl (C=O) groups excluding carboxylic acids is 3. The first kappa shape index (κ1) is 18.7. The van der Waals surface area contributed by atoms with E-state index in [0.717, 1.165) is 4.47 Å². The summed E-state index contributed by atoms with van der Waals surface area (Å²) in [4.78, 5) is 40.4. The van der Waals surface area contributed by atoms with Crippen molar-refractivity contribution in [3.8, 4) is 0 Å². The van der Waals surface area contributed by atoms with E-state index < -0.39 is 23.3 Å². The molecule has 2 fully saturated rings. The Bertz CT molecular complexity index is 734. The van der Waals surface area contributed by atoms with Crippen molar-refractivity contribution >= 4 is 39.6 Å². The maximum atomic E-state index is 13.0. The second-order valence-electron chi connectivity index (χ2n) is 7.60. The lowest BCUT2D eigenvalue weighted by Crippen LogP contribution is -2.56. The number of nitrogens with one attached hydrogen (secondary N) is 1. The number of anilines is 1. The average Bonchev–Trinajstić information content (AvgIpc) is 2.78. The summed E-state index contributed by atoms with van der Waals surface area (Å²) >= 11 is 3.34. The van der Waals surface area contributed by atoms with Gasteiger partial charge in [-0.1, -0.05) is 15.9 Å². The van der Waals surface area contributed by atoms with E-state index in [1.54, 1.807) is 29.2 Å². The van der Waals surface area contributed by atoms with Crippen LogP contribution in [0.5, 0.6) is 0 Å². The molecule has 4 amide bonds. The maximum Gasteiger partial charge on any atom is 0.410 e. The van der Waals surface area contributed by atoms with Crippen LogP contribution in [0.1, 0.15) is 33.6 Å². The first-order chi connectivity index (χ1) is 12.1. The minimum atomic E-state index is -0.956. The lowest BCUT2D eigenvalue weighted by molar-refractivity contribution is -0.123. The van der Waals surface area contributed by atoms with Crippen molar-refractivity contribution in [3.63, 3.8) is 0 Å². The molecule has 2 saturated heterocycles. The van der Waals surface area contributed by atoms with Gasteiger partial charge in [0.1, 0.15) is 11.1 Å². The summed E-state index contributed by atoms with van der Waals surface area (Å²) in [5.41, 5.74) is -0.993.